The van der Waals surface area contributed by atoms with E-state index in [1.807, 2.05) is 0 Å². The lowest BCUT2D eigenvalue weighted by atomic mass is 9.91. The third kappa shape index (κ3) is 5.26. The third-order valence-corrected chi connectivity index (χ3v) is 4.99. The van der Waals surface area contributed by atoms with Gasteiger partial charge in [0.25, 0.3) is 5.92 Å². The Bertz CT molecular complexity index is 822. The van der Waals surface area contributed by atoms with Crippen molar-refractivity contribution >= 4 is 0 Å². The van der Waals surface area contributed by atoms with Crippen LogP contribution in [0.25, 0.3) is 0 Å². The molecule has 0 aliphatic carbocycles. The molecule has 3 rings (SSSR count). The Kier molecular flexibility index (Phi) is 5.64. The van der Waals surface area contributed by atoms with Crippen LogP contribution in [0.4, 0.5) is 35.1 Å². The SMILES string of the molecule is FC1(F)CCN(Cc2ccc(C(F)(F)F)cc2)C(c2ccc(C(F)(F)F)cc2)C1. The van der Waals surface area contributed by atoms with Gasteiger partial charge in [-0.3, -0.25) is 4.90 Å². The first-order valence-electron chi connectivity index (χ1n) is 8.80. The van der Waals surface area contributed by atoms with E-state index in [0.717, 1.165) is 24.3 Å². The number of likely N-dealkylation sites (tertiary alicyclic amines) is 1. The fraction of sp³-hybridized carbons (Fsp3) is 0.400. The van der Waals surface area contributed by atoms with Crippen molar-refractivity contribution in [2.45, 2.75) is 43.7 Å². The molecule has 29 heavy (non-hydrogen) atoms. The highest BCUT2D eigenvalue weighted by molar-refractivity contribution is 5.29. The summed E-state index contributed by atoms with van der Waals surface area (Å²) in [6.45, 7) is 0.0830. The predicted octanol–water partition coefficient (Wildman–Crippen LogP) is 6.70. The standard InChI is InChI=1S/C20H17F8N/c21-18(22)9-10-29(12-13-1-5-15(6-2-13)19(23,24)25)17(11-18)14-3-7-16(8-4-14)20(26,27)28/h1-8,17H,9-12H2. The molecule has 0 bridgehead atoms. The fourth-order valence-electron chi connectivity index (χ4n) is 3.42. The first-order chi connectivity index (χ1) is 13.4. The van der Waals surface area contributed by atoms with Gasteiger partial charge in [-0.25, -0.2) is 8.78 Å². The molecule has 1 nitrogen and oxygen atoms in total. The highest BCUT2D eigenvalue weighted by atomic mass is 19.4. The molecule has 0 saturated carbocycles. The molecule has 1 saturated heterocycles. The Balaban J connectivity index is 1.82. The minimum atomic E-state index is -4.53. The number of alkyl halides is 8. The lowest BCUT2D eigenvalue weighted by Crippen LogP contribution is -2.41. The summed E-state index contributed by atoms with van der Waals surface area (Å²) in [7, 11) is 0. The smallest absolute Gasteiger partial charge is 0.292 e. The summed E-state index contributed by atoms with van der Waals surface area (Å²) < 4.78 is 104. The molecule has 0 N–H and O–H groups in total. The lowest BCUT2D eigenvalue weighted by Gasteiger charge is -2.39. The zero-order valence-corrected chi connectivity index (χ0v) is 15.0. The molecule has 1 heterocycles. The Hall–Kier alpha value is -2.16. The highest BCUT2D eigenvalue weighted by Crippen LogP contribution is 2.41. The van der Waals surface area contributed by atoms with Gasteiger partial charge in [0.1, 0.15) is 0 Å². The van der Waals surface area contributed by atoms with Crippen LogP contribution in [0.15, 0.2) is 48.5 Å². The van der Waals surface area contributed by atoms with E-state index in [1.54, 1.807) is 4.90 Å². The summed E-state index contributed by atoms with van der Waals surface area (Å²) in [4.78, 5) is 1.66. The van der Waals surface area contributed by atoms with Crippen molar-refractivity contribution in [2.24, 2.45) is 0 Å². The van der Waals surface area contributed by atoms with Crippen LogP contribution in [0.5, 0.6) is 0 Å². The van der Waals surface area contributed by atoms with E-state index >= 15 is 0 Å². The van der Waals surface area contributed by atoms with E-state index in [2.05, 4.69) is 0 Å². The molecule has 0 radical (unpaired) electrons. The van der Waals surface area contributed by atoms with Gasteiger partial charge < -0.3 is 0 Å². The normalized spacial score (nSPS) is 20.6. The van der Waals surface area contributed by atoms with E-state index in [4.69, 9.17) is 0 Å². The predicted molar refractivity (Wildman–Crippen MR) is 90.2 cm³/mol. The van der Waals surface area contributed by atoms with E-state index < -0.39 is 48.3 Å². The average Bonchev–Trinajstić information content (AvgIpc) is 2.62. The monoisotopic (exact) mass is 423 g/mol. The van der Waals surface area contributed by atoms with E-state index in [-0.39, 0.29) is 13.1 Å². The van der Waals surface area contributed by atoms with Crippen molar-refractivity contribution in [1.29, 1.82) is 0 Å². The first-order valence-corrected chi connectivity index (χ1v) is 8.80. The molecule has 0 aromatic heterocycles. The molecule has 2 aromatic rings. The largest absolute Gasteiger partial charge is 0.416 e. The van der Waals surface area contributed by atoms with Crippen LogP contribution in [0.3, 0.4) is 0 Å². The molecular formula is C20H17F8N. The molecule has 0 amide bonds. The molecule has 1 atom stereocenters. The minimum absolute atomic E-state index is 0.0281. The molecule has 9 heteroatoms. The maximum Gasteiger partial charge on any atom is 0.416 e. The maximum absolute atomic E-state index is 14.0. The number of nitrogens with zero attached hydrogens (tertiary/aromatic N) is 1. The average molecular weight is 423 g/mol. The van der Waals surface area contributed by atoms with Gasteiger partial charge in [-0.15, -0.1) is 0 Å². The van der Waals surface area contributed by atoms with Gasteiger partial charge in [-0.1, -0.05) is 24.3 Å². The lowest BCUT2D eigenvalue weighted by molar-refractivity contribution is -0.138. The molecule has 1 fully saturated rings. The van der Waals surface area contributed by atoms with Crippen molar-refractivity contribution in [3.63, 3.8) is 0 Å². The summed E-state index contributed by atoms with van der Waals surface area (Å²) in [6.07, 6.45) is -10.0. The van der Waals surface area contributed by atoms with Crippen molar-refractivity contribution in [1.82, 2.24) is 4.90 Å². The van der Waals surface area contributed by atoms with Gasteiger partial charge in [0.15, 0.2) is 0 Å². The second-order valence-corrected chi connectivity index (χ2v) is 7.11. The number of hydrogen-bond donors (Lipinski definition) is 0. The van der Waals surface area contributed by atoms with Crippen LogP contribution in [-0.2, 0) is 18.9 Å². The van der Waals surface area contributed by atoms with Gasteiger partial charge >= 0.3 is 12.4 Å². The van der Waals surface area contributed by atoms with Gasteiger partial charge in [0.2, 0.25) is 0 Å². The van der Waals surface area contributed by atoms with Crippen LogP contribution in [0, 0.1) is 0 Å². The van der Waals surface area contributed by atoms with E-state index in [0.29, 0.717) is 11.1 Å². The van der Waals surface area contributed by atoms with Crippen LogP contribution < -0.4 is 0 Å². The molecule has 1 unspecified atom stereocenters. The highest BCUT2D eigenvalue weighted by Gasteiger charge is 2.41. The number of halogens is 8. The van der Waals surface area contributed by atoms with Crippen molar-refractivity contribution in [3.8, 4) is 0 Å². The van der Waals surface area contributed by atoms with Crippen LogP contribution in [0.2, 0.25) is 0 Å². The van der Waals surface area contributed by atoms with E-state index in [1.165, 1.54) is 24.3 Å². The second kappa shape index (κ2) is 7.59. The molecule has 1 aliphatic heterocycles. The van der Waals surface area contributed by atoms with Crippen LogP contribution in [-0.4, -0.2) is 17.4 Å². The minimum Gasteiger partial charge on any atom is -0.292 e. The van der Waals surface area contributed by atoms with Gasteiger partial charge in [-0.05, 0) is 35.4 Å². The Morgan fingerprint density at radius 1 is 0.793 bits per heavy atom. The van der Waals surface area contributed by atoms with Crippen LogP contribution in [0.1, 0.15) is 41.1 Å². The molecular weight excluding hydrogens is 406 g/mol. The van der Waals surface area contributed by atoms with Crippen molar-refractivity contribution in [2.75, 3.05) is 6.54 Å². The molecule has 158 valence electrons. The van der Waals surface area contributed by atoms with Crippen molar-refractivity contribution in [3.05, 3.63) is 70.8 Å². The summed E-state index contributed by atoms with van der Waals surface area (Å²) >= 11 is 0. The van der Waals surface area contributed by atoms with Gasteiger partial charge in [-0.2, -0.15) is 26.3 Å². The molecule has 0 spiro atoms. The Labute approximate surface area is 161 Å². The number of piperidine rings is 1. The third-order valence-electron chi connectivity index (χ3n) is 4.99. The maximum atomic E-state index is 14.0. The first kappa shape index (κ1) is 21.5. The van der Waals surface area contributed by atoms with Crippen molar-refractivity contribution < 1.29 is 35.1 Å². The topological polar surface area (TPSA) is 3.24 Å². The summed E-state index contributed by atoms with van der Waals surface area (Å²) in [5, 5.41) is 0. The molecule has 2 aromatic carbocycles. The van der Waals surface area contributed by atoms with Gasteiger partial charge in [0.05, 0.1) is 11.1 Å². The Morgan fingerprint density at radius 3 is 1.76 bits per heavy atom. The second-order valence-electron chi connectivity index (χ2n) is 7.11. The van der Waals surface area contributed by atoms with Gasteiger partial charge in [0, 0.05) is 32.0 Å². The summed E-state index contributed by atoms with van der Waals surface area (Å²) in [5.74, 6) is -2.97. The number of rotatable bonds is 3. The van der Waals surface area contributed by atoms with E-state index in [9.17, 15) is 35.1 Å². The quantitative estimate of drug-likeness (QED) is 0.497. The summed E-state index contributed by atoms with van der Waals surface area (Å²) in [5.41, 5.74) is -0.881. The number of benzene rings is 2. The Morgan fingerprint density at radius 2 is 1.28 bits per heavy atom. The zero-order valence-electron chi connectivity index (χ0n) is 15.0. The number of hydrogen-bond acceptors (Lipinski definition) is 1. The zero-order chi connectivity index (χ0) is 21.4. The molecule has 1 aliphatic rings. The van der Waals surface area contributed by atoms with Crippen LogP contribution >= 0.6 is 0 Å². The fourth-order valence-corrected chi connectivity index (χ4v) is 3.42. The summed E-state index contributed by atoms with van der Waals surface area (Å²) in [6, 6.07) is 7.59.